The fourth-order valence-electron chi connectivity index (χ4n) is 2.34. The van der Waals surface area contributed by atoms with Crippen molar-refractivity contribution >= 4 is 5.97 Å². The van der Waals surface area contributed by atoms with Crippen molar-refractivity contribution < 1.29 is 14.6 Å². The Hall–Kier alpha value is -1.55. The van der Waals surface area contributed by atoms with E-state index < -0.39 is 11.5 Å². The third-order valence-corrected chi connectivity index (χ3v) is 3.89. The first kappa shape index (κ1) is 13.9. The van der Waals surface area contributed by atoms with Gasteiger partial charge in [-0.1, -0.05) is 12.1 Å². The molecule has 1 aliphatic carbocycles. The van der Waals surface area contributed by atoms with Crippen LogP contribution in [-0.4, -0.2) is 30.3 Å². The van der Waals surface area contributed by atoms with Crippen molar-refractivity contribution in [2.75, 3.05) is 13.7 Å². The zero-order valence-corrected chi connectivity index (χ0v) is 11.5. The van der Waals surface area contributed by atoms with E-state index in [1.807, 2.05) is 12.1 Å². The zero-order valence-electron chi connectivity index (χ0n) is 11.5. The molecular formula is C15H21NO3. The van der Waals surface area contributed by atoms with Gasteiger partial charge in [0, 0.05) is 0 Å². The fraction of sp³-hybridized carbons (Fsp3) is 0.533. The van der Waals surface area contributed by atoms with Crippen LogP contribution in [0.4, 0.5) is 0 Å². The van der Waals surface area contributed by atoms with Crippen molar-refractivity contribution in [1.82, 2.24) is 5.32 Å². The first-order chi connectivity index (χ1) is 9.07. The first-order valence-corrected chi connectivity index (χ1v) is 6.73. The van der Waals surface area contributed by atoms with Gasteiger partial charge in [0.25, 0.3) is 0 Å². The molecule has 0 heterocycles. The molecule has 1 aliphatic rings. The second-order valence-electron chi connectivity index (χ2n) is 5.28. The lowest BCUT2D eigenvalue weighted by atomic mass is 9.91. The molecule has 0 spiro atoms. The molecule has 0 fully saturated rings. The number of ether oxygens (including phenoxy) is 1. The van der Waals surface area contributed by atoms with Crippen molar-refractivity contribution in [2.45, 2.75) is 38.1 Å². The van der Waals surface area contributed by atoms with E-state index in [0.717, 1.165) is 18.6 Å². The lowest BCUT2D eigenvalue weighted by molar-refractivity contribution is -0.145. The molecule has 1 aromatic rings. The van der Waals surface area contributed by atoms with E-state index in [2.05, 4.69) is 11.4 Å². The maximum Gasteiger partial charge on any atom is 0.327 e. The maximum absolute atomic E-state index is 11.2. The first-order valence-electron chi connectivity index (χ1n) is 6.73. The number of carbonyl (C=O) groups is 1. The molecule has 4 nitrogen and oxygen atoms in total. The number of hydrogen-bond acceptors (Lipinski definition) is 3. The number of hydrogen-bond donors (Lipinski definition) is 2. The average Bonchev–Trinajstić information content (AvgIpc) is 2.44. The van der Waals surface area contributed by atoms with Gasteiger partial charge in [0.15, 0.2) is 0 Å². The molecule has 1 atom stereocenters. The van der Waals surface area contributed by atoms with Gasteiger partial charge in [0.1, 0.15) is 17.9 Å². The van der Waals surface area contributed by atoms with Crippen LogP contribution in [0.5, 0.6) is 5.75 Å². The van der Waals surface area contributed by atoms with E-state index >= 15 is 0 Å². The number of rotatable bonds is 5. The van der Waals surface area contributed by atoms with Crippen LogP contribution in [0, 0.1) is 0 Å². The van der Waals surface area contributed by atoms with Crippen LogP contribution in [0.3, 0.4) is 0 Å². The molecule has 2 rings (SSSR count). The Labute approximate surface area is 113 Å². The highest BCUT2D eigenvalue weighted by atomic mass is 16.5. The molecule has 0 amide bonds. The van der Waals surface area contributed by atoms with Gasteiger partial charge in [0.2, 0.25) is 0 Å². The molecule has 2 N–H and O–H groups in total. The quantitative estimate of drug-likeness (QED) is 0.853. The Morgan fingerprint density at radius 1 is 1.42 bits per heavy atom. The van der Waals surface area contributed by atoms with Crippen molar-refractivity contribution in [1.29, 1.82) is 0 Å². The number of carboxylic acids is 1. The summed E-state index contributed by atoms with van der Waals surface area (Å²) in [5.41, 5.74) is 1.53. The molecule has 4 heteroatoms. The Morgan fingerprint density at radius 3 is 2.84 bits per heavy atom. The van der Waals surface area contributed by atoms with Gasteiger partial charge in [-0.15, -0.1) is 0 Å². The van der Waals surface area contributed by atoms with Crippen LogP contribution in [0.25, 0.3) is 0 Å². The Balaban J connectivity index is 2.14. The standard InChI is InChI=1S/C15H21NO3/c1-15(16-2,14(17)18)10-19-13-9-5-7-11-6-3-4-8-12(11)13/h5,7,9,16H,3-4,6,8,10H2,1-2H3,(H,17,18). The molecular weight excluding hydrogens is 242 g/mol. The minimum Gasteiger partial charge on any atom is -0.491 e. The van der Waals surface area contributed by atoms with Gasteiger partial charge < -0.3 is 15.2 Å². The summed E-state index contributed by atoms with van der Waals surface area (Å²) in [5, 5.41) is 12.0. The minimum atomic E-state index is -1.06. The summed E-state index contributed by atoms with van der Waals surface area (Å²) in [6, 6.07) is 6.05. The van der Waals surface area contributed by atoms with Crippen LogP contribution >= 0.6 is 0 Å². The lowest BCUT2D eigenvalue weighted by Gasteiger charge is -2.26. The summed E-state index contributed by atoms with van der Waals surface area (Å²) < 4.78 is 5.78. The van der Waals surface area contributed by atoms with Crippen LogP contribution < -0.4 is 10.1 Å². The van der Waals surface area contributed by atoms with E-state index in [9.17, 15) is 9.90 Å². The van der Waals surface area contributed by atoms with E-state index in [4.69, 9.17) is 4.74 Å². The van der Waals surface area contributed by atoms with Gasteiger partial charge >= 0.3 is 5.97 Å². The van der Waals surface area contributed by atoms with Crippen LogP contribution in [0.2, 0.25) is 0 Å². The molecule has 0 radical (unpaired) electrons. The van der Waals surface area contributed by atoms with Gasteiger partial charge in [-0.3, -0.25) is 4.79 Å². The minimum absolute atomic E-state index is 0.120. The average molecular weight is 263 g/mol. The zero-order chi connectivity index (χ0) is 13.9. The van der Waals surface area contributed by atoms with E-state index in [1.165, 1.54) is 24.0 Å². The third kappa shape index (κ3) is 2.89. The topological polar surface area (TPSA) is 58.6 Å². The summed E-state index contributed by atoms with van der Waals surface area (Å²) in [5.74, 6) is -0.0697. The fourth-order valence-corrected chi connectivity index (χ4v) is 2.34. The van der Waals surface area contributed by atoms with Gasteiger partial charge in [-0.25, -0.2) is 0 Å². The predicted molar refractivity (Wildman–Crippen MR) is 73.7 cm³/mol. The summed E-state index contributed by atoms with van der Waals surface area (Å²) in [6.45, 7) is 1.75. The number of benzene rings is 1. The number of likely N-dealkylation sites (N-methyl/N-ethyl adjacent to an activating group) is 1. The second kappa shape index (κ2) is 5.61. The van der Waals surface area contributed by atoms with Crippen LogP contribution in [-0.2, 0) is 17.6 Å². The number of aliphatic carboxylic acids is 1. The number of fused-ring (bicyclic) bond motifs is 1. The van der Waals surface area contributed by atoms with Crippen molar-refractivity contribution in [3.63, 3.8) is 0 Å². The number of aryl methyl sites for hydroxylation is 1. The van der Waals surface area contributed by atoms with Crippen LogP contribution in [0.15, 0.2) is 18.2 Å². The Bertz CT molecular complexity index is 472. The van der Waals surface area contributed by atoms with E-state index in [1.54, 1.807) is 14.0 Å². The third-order valence-electron chi connectivity index (χ3n) is 3.89. The Morgan fingerprint density at radius 2 is 2.16 bits per heavy atom. The highest BCUT2D eigenvalue weighted by molar-refractivity contribution is 5.78. The Kier molecular flexibility index (Phi) is 4.10. The molecule has 0 bridgehead atoms. The summed E-state index contributed by atoms with van der Waals surface area (Å²) in [6.07, 6.45) is 4.51. The molecule has 19 heavy (non-hydrogen) atoms. The highest BCUT2D eigenvalue weighted by Gasteiger charge is 2.32. The molecule has 1 unspecified atom stereocenters. The van der Waals surface area contributed by atoms with Crippen molar-refractivity contribution in [3.05, 3.63) is 29.3 Å². The molecule has 104 valence electrons. The van der Waals surface area contributed by atoms with Crippen molar-refractivity contribution in [2.24, 2.45) is 0 Å². The maximum atomic E-state index is 11.2. The summed E-state index contributed by atoms with van der Waals surface area (Å²) >= 11 is 0. The number of carboxylic acid groups (broad SMARTS) is 1. The monoisotopic (exact) mass is 263 g/mol. The molecule has 0 saturated heterocycles. The van der Waals surface area contributed by atoms with E-state index in [-0.39, 0.29) is 6.61 Å². The molecule has 1 aromatic carbocycles. The lowest BCUT2D eigenvalue weighted by Crippen LogP contribution is -2.52. The SMILES string of the molecule is CNC(C)(COc1cccc2c1CCCC2)C(=O)O. The largest absolute Gasteiger partial charge is 0.491 e. The van der Waals surface area contributed by atoms with Gasteiger partial charge in [-0.2, -0.15) is 0 Å². The van der Waals surface area contributed by atoms with Gasteiger partial charge in [0.05, 0.1) is 0 Å². The molecule has 0 aromatic heterocycles. The van der Waals surface area contributed by atoms with Crippen LogP contribution in [0.1, 0.15) is 30.9 Å². The van der Waals surface area contributed by atoms with Gasteiger partial charge in [-0.05, 0) is 56.8 Å². The molecule has 0 aliphatic heterocycles. The predicted octanol–water partition coefficient (Wildman–Crippen LogP) is 2.01. The van der Waals surface area contributed by atoms with E-state index in [0.29, 0.717) is 0 Å². The highest BCUT2D eigenvalue weighted by Crippen LogP contribution is 2.29. The number of nitrogens with one attached hydrogen (secondary N) is 1. The molecule has 0 saturated carbocycles. The second-order valence-corrected chi connectivity index (χ2v) is 5.28. The summed E-state index contributed by atoms with van der Waals surface area (Å²) in [4.78, 5) is 11.2. The van der Waals surface area contributed by atoms with Crippen molar-refractivity contribution in [3.8, 4) is 5.75 Å². The normalized spacial score (nSPS) is 17.4. The summed E-state index contributed by atoms with van der Waals surface area (Å²) in [7, 11) is 1.64. The smallest absolute Gasteiger partial charge is 0.327 e.